The number of carbonyl (C=O) groups is 2. The molecule has 108 valence electrons. The van der Waals surface area contributed by atoms with E-state index in [0.29, 0.717) is 35.3 Å². The molecule has 0 saturated carbocycles. The van der Waals surface area contributed by atoms with E-state index in [1.54, 1.807) is 23.1 Å². The van der Waals surface area contributed by atoms with E-state index in [4.69, 9.17) is 17.3 Å². The maximum Gasteiger partial charge on any atom is 0.243 e. The number of hydrogen-bond acceptors (Lipinski definition) is 3. The van der Waals surface area contributed by atoms with E-state index in [9.17, 15) is 9.59 Å². The topological polar surface area (TPSA) is 75.4 Å². The van der Waals surface area contributed by atoms with Gasteiger partial charge in [0.25, 0.3) is 0 Å². The smallest absolute Gasteiger partial charge is 0.243 e. The quantitative estimate of drug-likeness (QED) is 0.836. The van der Waals surface area contributed by atoms with Crippen LogP contribution in [0.15, 0.2) is 18.2 Å². The van der Waals surface area contributed by atoms with Gasteiger partial charge in [0.15, 0.2) is 0 Å². The summed E-state index contributed by atoms with van der Waals surface area (Å²) in [4.78, 5) is 25.3. The van der Waals surface area contributed by atoms with Crippen LogP contribution in [-0.4, -0.2) is 29.8 Å². The molecule has 1 aromatic carbocycles. The van der Waals surface area contributed by atoms with Crippen molar-refractivity contribution in [2.75, 3.05) is 24.1 Å². The van der Waals surface area contributed by atoms with Gasteiger partial charge in [-0.15, -0.1) is 0 Å². The molecular weight excluding hydrogens is 278 g/mol. The molecule has 1 unspecified atom stereocenters. The van der Waals surface area contributed by atoms with Gasteiger partial charge in [-0.05, 0) is 24.1 Å². The van der Waals surface area contributed by atoms with E-state index in [0.717, 1.165) is 6.42 Å². The van der Waals surface area contributed by atoms with Crippen molar-refractivity contribution in [1.29, 1.82) is 0 Å². The fourth-order valence-corrected chi connectivity index (χ4v) is 2.39. The van der Waals surface area contributed by atoms with E-state index in [2.05, 4.69) is 12.2 Å². The number of benzene rings is 1. The first-order chi connectivity index (χ1) is 9.49. The van der Waals surface area contributed by atoms with Gasteiger partial charge in [-0.2, -0.15) is 0 Å². The third-order valence-electron chi connectivity index (χ3n) is 3.49. The zero-order chi connectivity index (χ0) is 14.7. The Balaban J connectivity index is 1.92. The minimum absolute atomic E-state index is 0.0441. The molecule has 20 heavy (non-hydrogen) atoms. The van der Waals surface area contributed by atoms with Gasteiger partial charge in [0.05, 0.1) is 17.3 Å². The molecule has 2 amide bonds. The van der Waals surface area contributed by atoms with Crippen LogP contribution in [0.2, 0.25) is 5.02 Å². The number of carbonyl (C=O) groups excluding carboxylic acids is 2. The Morgan fingerprint density at radius 3 is 2.90 bits per heavy atom. The monoisotopic (exact) mass is 295 g/mol. The van der Waals surface area contributed by atoms with E-state index < -0.39 is 0 Å². The summed E-state index contributed by atoms with van der Waals surface area (Å²) in [6, 6.07) is 4.90. The average molecular weight is 296 g/mol. The zero-order valence-corrected chi connectivity index (χ0v) is 12.1. The summed E-state index contributed by atoms with van der Waals surface area (Å²) in [6.45, 7) is 2.79. The standard InChI is InChI=1S/C14H18ClN3O2/c1-2-9-5-14(20)18(7-9)8-13(19)17-10-3-4-11(15)12(16)6-10/h3-4,6,9H,2,5,7-8,16H2,1H3,(H,17,19). The number of halogens is 1. The number of nitrogen functional groups attached to an aromatic ring is 1. The fraction of sp³-hybridized carbons (Fsp3) is 0.429. The minimum Gasteiger partial charge on any atom is -0.397 e. The van der Waals surface area contributed by atoms with Crippen LogP contribution in [0.1, 0.15) is 19.8 Å². The second kappa shape index (κ2) is 6.13. The first kappa shape index (κ1) is 14.7. The number of rotatable bonds is 4. The van der Waals surface area contributed by atoms with Gasteiger partial charge in [0.1, 0.15) is 0 Å². The van der Waals surface area contributed by atoms with Gasteiger partial charge in [-0.1, -0.05) is 24.9 Å². The lowest BCUT2D eigenvalue weighted by Gasteiger charge is -2.16. The molecule has 1 aliphatic heterocycles. The molecule has 3 N–H and O–H groups in total. The third kappa shape index (κ3) is 3.42. The number of likely N-dealkylation sites (tertiary alicyclic amines) is 1. The molecule has 1 atom stereocenters. The Morgan fingerprint density at radius 1 is 1.55 bits per heavy atom. The highest BCUT2D eigenvalue weighted by molar-refractivity contribution is 6.33. The maximum atomic E-state index is 11.9. The second-order valence-electron chi connectivity index (χ2n) is 5.04. The highest BCUT2D eigenvalue weighted by Gasteiger charge is 2.29. The van der Waals surface area contributed by atoms with Crippen molar-refractivity contribution in [1.82, 2.24) is 4.90 Å². The molecule has 1 aliphatic rings. The van der Waals surface area contributed by atoms with Gasteiger partial charge < -0.3 is 16.0 Å². The average Bonchev–Trinajstić information content (AvgIpc) is 2.74. The molecule has 0 aromatic heterocycles. The van der Waals surface area contributed by atoms with Crippen molar-refractivity contribution >= 4 is 34.8 Å². The summed E-state index contributed by atoms with van der Waals surface area (Å²) in [6.07, 6.45) is 1.50. The second-order valence-corrected chi connectivity index (χ2v) is 5.44. The molecule has 1 heterocycles. The van der Waals surface area contributed by atoms with Gasteiger partial charge >= 0.3 is 0 Å². The van der Waals surface area contributed by atoms with Crippen LogP contribution in [0.25, 0.3) is 0 Å². The number of nitrogens with two attached hydrogens (primary N) is 1. The largest absolute Gasteiger partial charge is 0.397 e. The highest BCUT2D eigenvalue weighted by atomic mass is 35.5. The predicted molar refractivity (Wildman–Crippen MR) is 79.5 cm³/mol. The van der Waals surface area contributed by atoms with Crippen LogP contribution in [0.5, 0.6) is 0 Å². The fourth-order valence-electron chi connectivity index (χ4n) is 2.28. The van der Waals surface area contributed by atoms with E-state index in [1.165, 1.54) is 0 Å². The zero-order valence-electron chi connectivity index (χ0n) is 11.4. The van der Waals surface area contributed by atoms with Crippen LogP contribution >= 0.6 is 11.6 Å². The van der Waals surface area contributed by atoms with Crippen LogP contribution < -0.4 is 11.1 Å². The summed E-state index contributed by atoms with van der Waals surface area (Å²) in [5, 5.41) is 3.17. The van der Waals surface area contributed by atoms with Crippen LogP contribution in [-0.2, 0) is 9.59 Å². The van der Waals surface area contributed by atoms with Crippen molar-refractivity contribution in [3.63, 3.8) is 0 Å². The summed E-state index contributed by atoms with van der Waals surface area (Å²) < 4.78 is 0. The SMILES string of the molecule is CCC1CC(=O)N(CC(=O)Nc2ccc(Cl)c(N)c2)C1. The van der Waals surface area contributed by atoms with Gasteiger partial charge in [0.2, 0.25) is 11.8 Å². The van der Waals surface area contributed by atoms with E-state index in [1.807, 2.05) is 0 Å². The van der Waals surface area contributed by atoms with Crippen molar-refractivity contribution in [2.24, 2.45) is 5.92 Å². The summed E-state index contributed by atoms with van der Waals surface area (Å²) in [5.41, 5.74) is 6.66. The molecule has 1 fully saturated rings. The Bertz CT molecular complexity index is 533. The molecule has 1 saturated heterocycles. The molecule has 5 nitrogen and oxygen atoms in total. The molecule has 0 bridgehead atoms. The van der Waals surface area contributed by atoms with Crippen molar-refractivity contribution in [3.05, 3.63) is 23.2 Å². The molecule has 0 radical (unpaired) electrons. The van der Waals surface area contributed by atoms with E-state index >= 15 is 0 Å². The van der Waals surface area contributed by atoms with Crippen molar-refractivity contribution in [3.8, 4) is 0 Å². The number of nitrogens with one attached hydrogen (secondary N) is 1. The van der Waals surface area contributed by atoms with Crippen molar-refractivity contribution < 1.29 is 9.59 Å². The number of amides is 2. The first-order valence-electron chi connectivity index (χ1n) is 6.62. The number of anilines is 2. The molecule has 2 rings (SSSR count). The van der Waals surface area contributed by atoms with Gasteiger partial charge in [0, 0.05) is 18.7 Å². The van der Waals surface area contributed by atoms with Crippen LogP contribution in [0.3, 0.4) is 0 Å². The molecule has 1 aromatic rings. The lowest BCUT2D eigenvalue weighted by molar-refractivity contribution is -0.131. The molecule has 0 spiro atoms. The number of nitrogens with zero attached hydrogens (tertiary/aromatic N) is 1. The maximum absolute atomic E-state index is 11.9. The summed E-state index contributed by atoms with van der Waals surface area (Å²) in [7, 11) is 0. The van der Waals surface area contributed by atoms with Crippen LogP contribution in [0, 0.1) is 5.92 Å². The van der Waals surface area contributed by atoms with Gasteiger partial charge in [-0.3, -0.25) is 9.59 Å². The summed E-state index contributed by atoms with van der Waals surface area (Å²) in [5.74, 6) is 0.181. The lowest BCUT2D eigenvalue weighted by atomic mass is 10.1. The first-order valence-corrected chi connectivity index (χ1v) is 7.00. The van der Waals surface area contributed by atoms with Crippen molar-refractivity contribution in [2.45, 2.75) is 19.8 Å². The number of hydrogen-bond donors (Lipinski definition) is 2. The lowest BCUT2D eigenvalue weighted by Crippen LogP contribution is -2.34. The predicted octanol–water partition coefficient (Wildman–Crippen LogP) is 2.12. The highest BCUT2D eigenvalue weighted by Crippen LogP contribution is 2.23. The van der Waals surface area contributed by atoms with E-state index in [-0.39, 0.29) is 18.4 Å². The normalized spacial score (nSPS) is 18.4. The minimum atomic E-state index is -0.225. The molecular formula is C14H18ClN3O2. The Morgan fingerprint density at radius 2 is 2.30 bits per heavy atom. The molecule has 0 aliphatic carbocycles. The third-order valence-corrected chi connectivity index (χ3v) is 3.83. The Labute approximate surface area is 123 Å². The summed E-state index contributed by atoms with van der Waals surface area (Å²) >= 11 is 5.82. The van der Waals surface area contributed by atoms with Gasteiger partial charge in [-0.25, -0.2) is 0 Å². The molecule has 6 heteroatoms. The Hall–Kier alpha value is -1.75. The Kier molecular flexibility index (Phi) is 4.49. The van der Waals surface area contributed by atoms with Crippen LogP contribution in [0.4, 0.5) is 11.4 Å².